The van der Waals surface area contributed by atoms with E-state index >= 15 is 0 Å². The number of ether oxygens (including phenoxy) is 1. The van der Waals surface area contributed by atoms with Gasteiger partial charge in [-0.05, 0) is 84.8 Å². The highest BCUT2D eigenvalue weighted by molar-refractivity contribution is 8.03. The lowest BCUT2D eigenvalue weighted by Gasteiger charge is -2.30. The third-order valence-electron chi connectivity index (χ3n) is 11.1. The number of hydrogen-bond donors (Lipinski definition) is 6. The van der Waals surface area contributed by atoms with E-state index in [0.717, 1.165) is 28.7 Å². The zero-order chi connectivity index (χ0) is 43.7. The molecule has 13 nitrogen and oxygen atoms in total. The highest BCUT2D eigenvalue weighted by Crippen LogP contribution is 2.28. The van der Waals surface area contributed by atoms with Crippen LogP contribution < -0.4 is 26.6 Å². The van der Waals surface area contributed by atoms with Gasteiger partial charge < -0.3 is 36.4 Å². The Morgan fingerprint density at radius 3 is 2.13 bits per heavy atom. The van der Waals surface area contributed by atoms with E-state index in [4.69, 9.17) is 9.84 Å². The largest absolute Gasteiger partial charge is 0.484 e. The van der Waals surface area contributed by atoms with Crippen LogP contribution in [-0.4, -0.2) is 83.2 Å². The van der Waals surface area contributed by atoms with Gasteiger partial charge in [0.05, 0.1) is 0 Å². The van der Waals surface area contributed by atoms with Crippen LogP contribution in [0.25, 0.3) is 11.1 Å². The van der Waals surface area contributed by atoms with Crippen molar-refractivity contribution in [1.29, 1.82) is 0 Å². The average molecular weight is 862 g/mol. The van der Waals surface area contributed by atoms with Crippen LogP contribution in [0.5, 0.6) is 0 Å². The zero-order valence-electron chi connectivity index (χ0n) is 34.6. The van der Waals surface area contributed by atoms with Gasteiger partial charge in [-0.3, -0.25) is 28.8 Å². The number of carbonyl (C=O) groups is 6. The first-order chi connectivity index (χ1) is 30.1. The van der Waals surface area contributed by atoms with Crippen molar-refractivity contribution in [3.63, 3.8) is 0 Å². The summed E-state index contributed by atoms with van der Waals surface area (Å²) in [6.45, 7) is -0.0939. The average Bonchev–Trinajstić information content (AvgIpc) is 3.80. The molecule has 0 fully saturated rings. The van der Waals surface area contributed by atoms with E-state index in [9.17, 15) is 28.8 Å². The van der Waals surface area contributed by atoms with Crippen molar-refractivity contribution in [1.82, 2.24) is 26.6 Å². The van der Waals surface area contributed by atoms with E-state index in [1.807, 2.05) is 96.4 Å². The lowest BCUT2D eigenvalue weighted by molar-refractivity contribution is -0.137. The molecule has 7 rings (SSSR count). The zero-order valence-corrected chi connectivity index (χ0v) is 35.4. The molecule has 0 saturated heterocycles. The molecule has 4 aliphatic rings. The van der Waals surface area contributed by atoms with Crippen molar-refractivity contribution in [3.05, 3.63) is 132 Å². The molecule has 3 heterocycles. The standard InChI is InChI=1S/C48H55N5O8S/c54-42-31-61-37-24-22-36(23-25-37)44(48(60)49-27-9-3-8-16-43(55)56)53-45(57)39(26-19-32-11-4-1-5-12-32)51-46(58)40(52-47(59)41(50-42)30-38-15-10-28-62-38)29-33-17-20-35(21-18-33)34-13-6-2-7-14-34/h1-2,4-7,10-14,17-18,20-22,24-25,28,36,38-41,44H,3,8-9,15-16,19,23,26-27,29-31H2,(H,49,60)(H,50,54)(H,51,58)(H,52,59)(H,53,57)(H,55,56)/t36?,38?,39-,40+,41-,44?/m1/s1. The summed E-state index contributed by atoms with van der Waals surface area (Å²) in [6, 6.07) is 22.8. The van der Waals surface area contributed by atoms with E-state index in [-0.39, 0.29) is 37.7 Å². The van der Waals surface area contributed by atoms with E-state index < -0.39 is 65.6 Å². The lowest BCUT2D eigenvalue weighted by atomic mass is 9.90. The Hall–Kier alpha value is -6.15. The van der Waals surface area contributed by atoms with E-state index in [1.54, 1.807) is 30.0 Å². The molecule has 2 bridgehead atoms. The molecule has 14 heteroatoms. The second-order valence-corrected chi connectivity index (χ2v) is 17.0. The molecule has 5 amide bonds. The fourth-order valence-corrected chi connectivity index (χ4v) is 8.60. The monoisotopic (exact) mass is 861 g/mol. The highest BCUT2D eigenvalue weighted by Gasteiger charge is 2.35. The molecule has 62 heavy (non-hydrogen) atoms. The number of carbonyl (C=O) groups excluding carboxylic acids is 5. The van der Waals surface area contributed by atoms with E-state index in [1.165, 1.54) is 0 Å². The molecule has 326 valence electrons. The number of hydrogen-bond acceptors (Lipinski definition) is 8. The third kappa shape index (κ3) is 13.9. The first-order valence-corrected chi connectivity index (χ1v) is 22.3. The van der Waals surface area contributed by atoms with Crippen LogP contribution in [0, 0.1) is 5.92 Å². The second kappa shape index (κ2) is 23.2. The summed E-state index contributed by atoms with van der Waals surface area (Å²) >= 11 is 1.58. The number of carboxylic acid groups (broad SMARTS) is 1. The summed E-state index contributed by atoms with van der Waals surface area (Å²) in [7, 11) is 0. The normalized spacial score (nSPS) is 23.1. The number of fused-ring (bicyclic) bond motifs is 14. The van der Waals surface area contributed by atoms with Gasteiger partial charge in [-0.15, -0.1) is 11.8 Å². The number of unbranched alkanes of at least 4 members (excludes halogenated alkanes) is 2. The fraction of sp³-hybridized carbons (Fsp3) is 0.375. The highest BCUT2D eigenvalue weighted by atomic mass is 32.2. The minimum Gasteiger partial charge on any atom is -0.484 e. The molecule has 0 saturated carbocycles. The predicted octanol–water partition coefficient (Wildman–Crippen LogP) is 5.13. The smallest absolute Gasteiger partial charge is 0.303 e. The van der Waals surface area contributed by atoms with Gasteiger partial charge in [0.25, 0.3) is 5.91 Å². The number of thioether (sulfide) groups is 1. The van der Waals surface area contributed by atoms with Crippen molar-refractivity contribution in [3.8, 4) is 11.1 Å². The van der Waals surface area contributed by atoms with E-state index in [2.05, 4.69) is 26.6 Å². The molecule has 0 aromatic heterocycles. The Labute approximate surface area is 366 Å². The van der Waals surface area contributed by atoms with Gasteiger partial charge in [-0.1, -0.05) is 104 Å². The van der Waals surface area contributed by atoms with Gasteiger partial charge in [-0.2, -0.15) is 0 Å². The van der Waals surface area contributed by atoms with Crippen LogP contribution in [0.4, 0.5) is 0 Å². The van der Waals surface area contributed by atoms with Crippen LogP contribution in [-0.2, 0) is 46.3 Å². The second-order valence-electron chi connectivity index (χ2n) is 15.8. The predicted molar refractivity (Wildman–Crippen MR) is 238 cm³/mol. The molecule has 3 aromatic carbocycles. The Balaban J connectivity index is 1.29. The molecule has 0 spiro atoms. The van der Waals surface area contributed by atoms with Crippen LogP contribution in [0.15, 0.2) is 120 Å². The lowest BCUT2D eigenvalue weighted by Crippen LogP contribution is -2.60. The minimum absolute atomic E-state index is 0.0386. The van der Waals surface area contributed by atoms with Crippen molar-refractivity contribution in [2.75, 3.05) is 13.2 Å². The van der Waals surface area contributed by atoms with Crippen molar-refractivity contribution in [2.45, 2.75) is 93.6 Å². The SMILES string of the molecule is O=C(O)CCCCCNC(=O)C1NC(=O)[C@@H](CCc2ccccc2)NC(=O)[C@H](Cc2ccc(-c3ccccc3)cc2)NC(=O)[C@@H](CC2CC=CS2)NC(=O)COC2=CCC1C=C2. The van der Waals surface area contributed by atoms with Gasteiger partial charge in [-0.25, -0.2) is 0 Å². The molecule has 3 aliphatic heterocycles. The van der Waals surface area contributed by atoms with E-state index in [0.29, 0.717) is 44.3 Å². The van der Waals surface area contributed by atoms with Gasteiger partial charge in [0.1, 0.15) is 29.9 Å². The quantitative estimate of drug-likeness (QED) is 0.0889. The minimum atomic E-state index is -1.15. The van der Waals surface area contributed by atoms with Crippen molar-refractivity contribution >= 4 is 47.3 Å². The Bertz CT molecular complexity index is 2100. The molecule has 6 atom stereocenters. The first-order valence-electron chi connectivity index (χ1n) is 21.3. The number of rotatable bonds is 15. The number of amides is 5. The summed E-state index contributed by atoms with van der Waals surface area (Å²) in [5, 5.41) is 25.6. The summed E-state index contributed by atoms with van der Waals surface area (Å²) in [5.74, 6) is -3.62. The maximum absolute atomic E-state index is 14.6. The van der Waals surface area contributed by atoms with Crippen molar-refractivity contribution < 1.29 is 38.6 Å². The Morgan fingerprint density at radius 2 is 1.44 bits per heavy atom. The van der Waals surface area contributed by atoms with Crippen LogP contribution in [0.3, 0.4) is 0 Å². The number of carboxylic acids is 1. The number of aryl methyl sites for hydroxylation is 1. The number of aliphatic carboxylic acids is 1. The van der Waals surface area contributed by atoms with Gasteiger partial charge in [0.2, 0.25) is 23.6 Å². The molecule has 3 aromatic rings. The molecule has 6 N–H and O–H groups in total. The third-order valence-corrected chi connectivity index (χ3v) is 12.2. The molecule has 0 radical (unpaired) electrons. The summed E-state index contributed by atoms with van der Waals surface area (Å²) < 4.78 is 5.85. The summed E-state index contributed by atoms with van der Waals surface area (Å²) in [5.41, 5.74) is 3.71. The van der Waals surface area contributed by atoms with Crippen LogP contribution >= 0.6 is 11.8 Å². The fourth-order valence-electron chi connectivity index (χ4n) is 7.63. The molecule has 3 unspecified atom stereocenters. The topological polar surface area (TPSA) is 192 Å². The van der Waals surface area contributed by atoms with Gasteiger partial charge >= 0.3 is 5.97 Å². The van der Waals surface area contributed by atoms with Crippen LogP contribution in [0.2, 0.25) is 0 Å². The first kappa shape index (κ1) is 45.4. The number of benzene rings is 3. The summed E-state index contributed by atoms with van der Waals surface area (Å²) in [4.78, 5) is 81.5. The Kier molecular flexibility index (Phi) is 17.0. The maximum atomic E-state index is 14.6. The molecular formula is C48H55N5O8S. The van der Waals surface area contributed by atoms with Crippen LogP contribution in [0.1, 0.15) is 62.5 Å². The van der Waals surface area contributed by atoms with Gasteiger partial charge in [0.15, 0.2) is 6.61 Å². The number of allylic oxidation sites excluding steroid dienone is 3. The summed E-state index contributed by atoms with van der Waals surface area (Å²) in [6.07, 6.45) is 10.9. The molecular weight excluding hydrogens is 807 g/mol. The maximum Gasteiger partial charge on any atom is 0.303 e. The number of nitrogens with one attached hydrogen (secondary N) is 5. The molecule has 1 aliphatic carbocycles. The van der Waals surface area contributed by atoms with Gasteiger partial charge in [0, 0.05) is 30.6 Å². The Morgan fingerprint density at radius 1 is 0.742 bits per heavy atom. The van der Waals surface area contributed by atoms with Crippen molar-refractivity contribution in [2.24, 2.45) is 5.92 Å².